The van der Waals surface area contributed by atoms with E-state index in [1.165, 1.54) is 25.7 Å². The SMILES string of the molecule is N#CCN(C1CCCC1)C1CCOC1. The second-order valence-corrected chi connectivity index (χ2v) is 4.29. The molecule has 0 bridgehead atoms. The number of rotatable bonds is 3. The van der Waals surface area contributed by atoms with E-state index in [0.717, 1.165) is 19.6 Å². The Hall–Kier alpha value is -0.590. The van der Waals surface area contributed by atoms with Gasteiger partial charge >= 0.3 is 0 Å². The third-order valence-electron chi connectivity index (χ3n) is 3.42. The molecule has 3 heteroatoms. The fraction of sp³-hybridized carbons (Fsp3) is 0.909. The Morgan fingerprint density at radius 2 is 2.00 bits per heavy atom. The van der Waals surface area contributed by atoms with E-state index in [4.69, 9.17) is 10.00 Å². The van der Waals surface area contributed by atoms with E-state index < -0.39 is 0 Å². The highest BCUT2D eigenvalue weighted by atomic mass is 16.5. The van der Waals surface area contributed by atoms with Crippen LogP contribution in [0.2, 0.25) is 0 Å². The van der Waals surface area contributed by atoms with Crippen LogP contribution in [-0.4, -0.2) is 36.7 Å². The summed E-state index contributed by atoms with van der Waals surface area (Å²) in [5.41, 5.74) is 0. The van der Waals surface area contributed by atoms with Crippen molar-refractivity contribution >= 4 is 0 Å². The van der Waals surface area contributed by atoms with Gasteiger partial charge in [-0.05, 0) is 19.3 Å². The molecule has 0 aromatic heterocycles. The van der Waals surface area contributed by atoms with Crippen LogP contribution in [0.15, 0.2) is 0 Å². The zero-order valence-electron chi connectivity index (χ0n) is 8.61. The fourth-order valence-corrected chi connectivity index (χ4v) is 2.66. The normalized spacial score (nSPS) is 28.4. The van der Waals surface area contributed by atoms with E-state index in [0.29, 0.717) is 18.6 Å². The molecule has 1 aliphatic heterocycles. The average molecular weight is 194 g/mol. The highest BCUT2D eigenvalue weighted by Gasteiger charge is 2.30. The topological polar surface area (TPSA) is 36.3 Å². The molecular formula is C11H18N2O. The molecule has 78 valence electrons. The molecule has 1 atom stereocenters. The summed E-state index contributed by atoms with van der Waals surface area (Å²) < 4.78 is 5.39. The van der Waals surface area contributed by atoms with Crippen molar-refractivity contribution in [3.05, 3.63) is 0 Å². The lowest BCUT2D eigenvalue weighted by atomic mass is 10.1. The van der Waals surface area contributed by atoms with Crippen LogP contribution in [-0.2, 0) is 4.74 Å². The molecule has 1 aliphatic carbocycles. The minimum Gasteiger partial charge on any atom is -0.380 e. The molecule has 1 saturated carbocycles. The lowest BCUT2D eigenvalue weighted by molar-refractivity contribution is 0.122. The Labute approximate surface area is 85.6 Å². The van der Waals surface area contributed by atoms with Crippen LogP contribution in [0, 0.1) is 11.3 Å². The fourth-order valence-electron chi connectivity index (χ4n) is 2.66. The Kier molecular flexibility index (Phi) is 3.39. The number of ether oxygens (including phenoxy) is 1. The Morgan fingerprint density at radius 1 is 1.21 bits per heavy atom. The molecule has 14 heavy (non-hydrogen) atoms. The van der Waals surface area contributed by atoms with Crippen molar-refractivity contribution in [1.82, 2.24) is 4.90 Å². The first-order valence-corrected chi connectivity index (χ1v) is 5.62. The molecule has 3 nitrogen and oxygen atoms in total. The molecule has 1 unspecified atom stereocenters. The minimum atomic E-state index is 0.512. The number of hydrogen-bond donors (Lipinski definition) is 0. The monoisotopic (exact) mass is 194 g/mol. The molecular weight excluding hydrogens is 176 g/mol. The second-order valence-electron chi connectivity index (χ2n) is 4.29. The summed E-state index contributed by atoms with van der Waals surface area (Å²) in [6, 6.07) is 3.46. The molecule has 2 fully saturated rings. The van der Waals surface area contributed by atoms with Gasteiger partial charge in [-0.15, -0.1) is 0 Å². The first-order chi connectivity index (χ1) is 6.92. The molecule has 1 heterocycles. The van der Waals surface area contributed by atoms with E-state index in [1.807, 2.05) is 0 Å². The lowest BCUT2D eigenvalue weighted by Gasteiger charge is -2.31. The minimum absolute atomic E-state index is 0.512. The highest BCUT2D eigenvalue weighted by Crippen LogP contribution is 2.27. The van der Waals surface area contributed by atoms with Gasteiger partial charge in [-0.1, -0.05) is 12.8 Å². The van der Waals surface area contributed by atoms with Crippen molar-refractivity contribution in [3.8, 4) is 6.07 Å². The predicted octanol–water partition coefficient (Wildman–Crippen LogP) is 1.54. The molecule has 0 spiro atoms. The maximum atomic E-state index is 8.82. The quantitative estimate of drug-likeness (QED) is 0.639. The lowest BCUT2D eigenvalue weighted by Crippen LogP contribution is -2.42. The van der Waals surface area contributed by atoms with Gasteiger partial charge in [0.15, 0.2) is 0 Å². The highest BCUT2D eigenvalue weighted by molar-refractivity contribution is 4.90. The van der Waals surface area contributed by atoms with Gasteiger partial charge in [0.2, 0.25) is 0 Å². The van der Waals surface area contributed by atoms with Crippen LogP contribution in [0.4, 0.5) is 0 Å². The van der Waals surface area contributed by atoms with Crippen molar-refractivity contribution in [2.24, 2.45) is 0 Å². The van der Waals surface area contributed by atoms with Gasteiger partial charge in [0, 0.05) is 18.7 Å². The van der Waals surface area contributed by atoms with Crippen LogP contribution in [0.3, 0.4) is 0 Å². The largest absolute Gasteiger partial charge is 0.380 e. The van der Waals surface area contributed by atoms with E-state index in [2.05, 4.69) is 11.0 Å². The Morgan fingerprint density at radius 3 is 2.57 bits per heavy atom. The van der Waals surface area contributed by atoms with Crippen molar-refractivity contribution < 1.29 is 4.74 Å². The van der Waals surface area contributed by atoms with Crippen molar-refractivity contribution in [2.45, 2.75) is 44.2 Å². The Bertz CT molecular complexity index is 196. The Balaban J connectivity index is 1.95. The summed E-state index contributed by atoms with van der Waals surface area (Å²) in [6.07, 6.45) is 6.33. The molecule has 0 aromatic rings. The molecule has 0 N–H and O–H groups in total. The smallest absolute Gasteiger partial charge is 0.0871 e. The average Bonchev–Trinajstić information content (AvgIpc) is 2.87. The molecule has 2 rings (SSSR count). The summed E-state index contributed by atoms with van der Waals surface area (Å²) in [4.78, 5) is 2.38. The molecule has 0 aromatic carbocycles. The summed E-state index contributed by atoms with van der Waals surface area (Å²) in [5.74, 6) is 0. The standard InChI is InChI=1S/C11H18N2O/c12-6-7-13(10-3-1-2-4-10)11-5-8-14-9-11/h10-11H,1-5,7-9H2. The third kappa shape index (κ3) is 2.08. The molecule has 1 saturated heterocycles. The van der Waals surface area contributed by atoms with E-state index >= 15 is 0 Å². The van der Waals surface area contributed by atoms with Crippen molar-refractivity contribution in [2.75, 3.05) is 19.8 Å². The zero-order chi connectivity index (χ0) is 9.80. The first-order valence-electron chi connectivity index (χ1n) is 5.62. The van der Waals surface area contributed by atoms with E-state index in [-0.39, 0.29) is 0 Å². The van der Waals surface area contributed by atoms with Gasteiger partial charge in [0.05, 0.1) is 19.2 Å². The van der Waals surface area contributed by atoms with Crippen LogP contribution in [0.1, 0.15) is 32.1 Å². The first kappa shape index (κ1) is 9.95. The van der Waals surface area contributed by atoms with Crippen molar-refractivity contribution in [3.63, 3.8) is 0 Å². The van der Waals surface area contributed by atoms with E-state index in [9.17, 15) is 0 Å². The van der Waals surface area contributed by atoms with Crippen molar-refractivity contribution in [1.29, 1.82) is 5.26 Å². The molecule has 0 amide bonds. The van der Waals surface area contributed by atoms with E-state index in [1.54, 1.807) is 0 Å². The maximum Gasteiger partial charge on any atom is 0.0871 e. The van der Waals surface area contributed by atoms with Gasteiger partial charge < -0.3 is 4.74 Å². The predicted molar refractivity (Wildman–Crippen MR) is 53.8 cm³/mol. The molecule has 0 radical (unpaired) electrons. The van der Waals surface area contributed by atoms with Crippen LogP contribution in [0.5, 0.6) is 0 Å². The number of nitrogens with zero attached hydrogens (tertiary/aromatic N) is 2. The second kappa shape index (κ2) is 4.77. The zero-order valence-corrected chi connectivity index (χ0v) is 8.61. The molecule has 2 aliphatic rings. The summed E-state index contributed by atoms with van der Waals surface area (Å²) in [7, 11) is 0. The summed E-state index contributed by atoms with van der Waals surface area (Å²) in [6.45, 7) is 2.29. The van der Waals surface area contributed by atoms with Gasteiger partial charge in [-0.25, -0.2) is 0 Å². The van der Waals surface area contributed by atoms with Gasteiger partial charge in [-0.2, -0.15) is 5.26 Å². The van der Waals surface area contributed by atoms with Crippen LogP contribution in [0.25, 0.3) is 0 Å². The summed E-state index contributed by atoms with van der Waals surface area (Å²) in [5, 5.41) is 8.82. The summed E-state index contributed by atoms with van der Waals surface area (Å²) >= 11 is 0. The third-order valence-corrected chi connectivity index (χ3v) is 3.42. The number of hydrogen-bond acceptors (Lipinski definition) is 3. The van der Waals surface area contributed by atoms with Crippen LogP contribution < -0.4 is 0 Å². The van der Waals surface area contributed by atoms with Crippen LogP contribution >= 0.6 is 0 Å². The van der Waals surface area contributed by atoms with Gasteiger partial charge in [-0.3, -0.25) is 4.90 Å². The maximum absolute atomic E-state index is 8.82. The van der Waals surface area contributed by atoms with Gasteiger partial charge in [0.1, 0.15) is 0 Å². The number of nitriles is 1. The van der Waals surface area contributed by atoms with Gasteiger partial charge in [0.25, 0.3) is 0 Å².